The number of ether oxygens (including phenoxy) is 3. The molecule has 2 atom stereocenters. The van der Waals surface area contributed by atoms with Gasteiger partial charge in [-0.3, -0.25) is 4.79 Å². The molecule has 8 heteroatoms. The van der Waals surface area contributed by atoms with Crippen LogP contribution in [0.4, 0.5) is 0 Å². The van der Waals surface area contributed by atoms with Gasteiger partial charge in [0.25, 0.3) is 5.91 Å². The van der Waals surface area contributed by atoms with Gasteiger partial charge < -0.3 is 23.7 Å². The maximum absolute atomic E-state index is 13.6. The number of fused-ring (bicyclic) bond motifs is 2. The second-order valence-electron chi connectivity index (χ2n) is 8.08. The number of morpholine rings is 1. The highest BCUT2D eigenvalue weighted by molar-refractivity contribution is 6.00. The molecule has 4 heterocycles. The molecule has 1 fully saturated rings. The minimum atomic E-state index is -0.299. The van der Waals surface area contributed by atoms with Crippen LogP contribution >= 0.6 is 0 Å². The lowest BCUT2D eigenvalue weighted by Crippen LogP contribution is -2.43. The van der Waals surface area contributed by atoms with Gasteiger partial charge in [0, 0.05) is 19.4 Å². The summed E-state index contributed by atoms with van der Waals surface area (Å²) < 4.78 is 21.1. The van der Waals surface area contributed by atoms with Gasteiger partial charge in [0.05, 0.1) is 19.3 Å². The largest absolute Gasteiger partial charge is 0.454 e. The number of carbonyl (C=O) groups is 1. The van der Waals surface area contributed by atoms with Gasteiger partial charge in [-0.2, -0.15) is 5.10 Å². The molecule has 2 aromatic carbocycles. The molecule has 0 unspecified atom stereocenters. The molecular formula is C24H22N4O4. The molecule has 0 radical (unpaired) electrons. The predicted octanol–water partition coefficient (Wildman–Crippen LogP) is 3.36. The lowest BCUT2D eigenvalue weighted by Gasteiger charge is -2.38. The molecule has 6 rings (SSSR count). The Kier molecular flexibility index (Phi) is 4.39. The van der Waals surface area contributed by atoms with E-state index in [1.54, 1.807) is 10.7 Å². The van der Waals surface area contributed by atoms with E-state index < -0.39 is 0 Å². The van der Waals surface area contributed by atoms with Crippen molar-refractivity contribution in [3.8, 4) is 11.5 Å². The molecule has 8 nitrogen and oxygen atoms in total. The Hall–Kier alpha value is -3.78. The van der Waals surface area contributed by atoms with Crippen LogP contribution in [0.2, 0.25) is 0 Å². The molecular weight excluding hydrogens is 408 g/mol. The van der Waals surface area contributed by atoms with Gasteiger partial charge in [0.15, 0.2) is 11.5 Å². The highest BCUT2D eigenvalue weighted by Gasteiger charge is 2.34. The first-order chi connectivity index (χ1) is 15.7. The standard InChI is InChI=1S/C24H22N4O4/c1-26-9-10-28-23(26)18(12-25-28)24(29)27-13-21(16-5-3-2-4-6-16)32-22(14-27)17-7-8-19-20(11-17)31-15-30-19/h2-12,21-22H,13-15H2,1H3/t21-,22+/m0/s1. The van der Waals surface area contributed by atoms with Gasteiger partial charge in [0.2, 0.25) is 6.79 Å². The summed E-state index contributed by atoms with van der Waals surface area (Å²) in [5.74, 6) is 1.37. The molecule has 0 saturated carbocycles. The first-order valence-corrected chi connectivity index (χ1v) is 10.6. The van der Waals surface area contributed by atoms with Gasteiger partial charge in [-0.05, 0) is 23.3 Å². The normalized spacial score (nSPS) is 20.1. The Morgan fingerprint density at radius 1 is 0.969 bits per heavy atom. The number of carbonyl (C=O) groups excluding carboxylic acids is 1. The fourth-order valence-corrected chi connectivity index (χ4v) is 4.45. The number of imidazole rings is 1. The molecule has 0 aliphatic carbocycles. The van der Waals surface area contributed by atoms with Crippen LogP contribution in [0.25, 0.3) is 5.65 Å². The Morgan fingerprint density at radius 3 is 2.59 bits per heavy atom. The van der Waals surface area contributed by atoms with E-state index >= 15 is 0 Å². The third-order valence-electron chi connectivity index (χ3n) is 6.09. The zero-order chi connectivity index (χ0) is 21.7. The number of rotatable bonds is 3. The van der Waals surface area contributed by atoms with Crippen molar-refractivity contribution in [2.24, 2.45) is 7.05 Å². The van der Waals surface area contributed by atoms with Crippen LogP contribution in [-0.4, -0.2) is 44.9 Å². The minimum Gasteiger partial charge on any atom is -0.454 e. The van der Waals surface area contributed by atoms with Crippen LogP contribution in [0.1, 0.15) is 33.7 Å². The summed E-state index contributed by atoms with van der Waals surface area (Å²) in [6.45, 7) is 1.12. The molecule has 1 saturated heterocycles. The quantitative estimate of drug-likeness (QED) is 0.499. The molecule has 4 aromatic rings. The maximum atomic E-state index is 13.6. The smallest absolute Gasteiger partial charge is 0.259 e. The van der Waals surface area contributed by atoms with Crippen LogP contribution in [0, 0.1) is 0 Å². The number of amides is 1. The van der Waals surface area contributed by atoms with E-state index in [0.29, 0.717) is 24.4 Å². The number of aromatic nitrogens is 3. The summed E-state index contributed by atoms with van der Waals surface area (Å²) in [6.07, 6.45) is 4.82. The fourth-order valence-electron chi connectivity index (χ4n) is 4.45. The fraction of sp³-hybridized carbons (Fsp3) is 0.250. The van der Waals surface area contributed by atoms with E-state index in [4.69, 9.17) is 14.2 Å². The summed E-state index contributed by atoms with van der Waals surface area (Å²) in [4.78, 5) is 15.5. The van der Waals surface area contributed by atoms with Gasteiger partial charge in [-0.25, -0.2) is 4.52 Å². The van der Waals surface area contributed by atoms with Gasteiger partial charge >= 0.3 is 0 Å². The van der Waals surface area contributed by atoms with Crippen molar-refractivity contribution >= 4 is 11.6 Å². The number of nitrogens with zero attached hydrogens (tertiary/aromatic N) is 4. The summed E-state index contributed by atoms with van der Waals surface area (Å²) in [5, 5.41) is 4.34. The van der Waals surface area contributed by atoms with Crippen LogP contribution < -0.4 is 9.47 Å². The van der Waals surface area contributed by atoms with Crippen LogP contribution in [-0.2, 0) is 11.8 Å². The lowest BCUT2D eigenvalue weighted by molar-refractivity contribution is -0.0797. The molecule has 2 aliphatic heterocycles. The van der Waals surface area contributed by atoms with Crippen LogP contribution in [0.5, 0.6) is 11.5 Å². The molecule has 0 bridgehead atoms. The molecule has 162 valence electrons. The molecule has 1 amide bonds. The van der Waals surface area contributed by atoms with E-state index in [-0.39, 0.29) is 24.9 Å². The SMILES string of the molecule is Cn1ccn2ncc(C(=O)N3C[C@@H](c4ccccc4)O[C@@H](c4ccc5c(c4)OCO5)C3)c12. The van der Waals surface area contributed by atoms with E-state index in [1.165, 1.54) is 0 Å². The molecule has 2 aromatic heterocycles. The van der Waals surface area contributed by atoms with Gasteiger partial charge in [-0.1, -0.05) is 36.4 Å². The average Bonchev–Trinajstić information content (AvgIpc) is 3.56. The third kappa shape index (κ3) is 3.11. The summed E-state index contributed by atoms with van der Waals surface area (Å²) in [7, 11) is 1.91. The highest BCUT2D eigenvalue weighted by atomic mass is 16.7. The maximum Gasteiger partial charge on any atom is 0.259 e. The monoisotopic (exact) mass is 430 g/mol. The van der Waals surface area contributed by atoms with Crippen LogP contribution in [0.3, 0.4) is 0 Å². The van der Waals surface area contributed by atoms with Crippen molar-refractivity contribution in [3.63, 3.8) is 0 Å². The Bertz CT molecular complexity index is 1300. The highest BCUT2D eigenvalue weighted by Crippen LogP contribution is 2.39. The molecule has 2 aliphatic rings. The van der Waals surface area contributed by atoms with E-state index in [0.717, 1.165) is 22.5 Å². The summed E-state index contributed by atoms with van der Waals surface area (Å²) in [6, 6.07) is 15.8. The van der Waals surface area contributed by atoms with Crippen molar-refractivity contribution in [2.45, 2.75) is 12.2 Å². The average molecular weight is 430 g/mol. The summed E-state index contributed by atoms with van der Waals surface area (Å²) >= 11 is 0. The Balaban J connectivity index is 1.36. The predicted molar refractivity (Wildman–Crippen MR) is 116 cm³/mol. The van der Waals surface area contributed by atoms with Crippen molar-refractivity contribution in [2.75, 3.05) is 19.9 Å². The lowest BCUT2D eigenvalue weighted by atomic mass is 10.0. The summed E-state index contributed by atoms with van der Waals surface area (Å²) in [5.41, 5.74) is 3.34. The zero-order valence-corrected chi connectivity index (χ0v) is 17.5. The second-order valence-corrected chi connectivity index (χ2v) is 8.08. The topological polar surface area (TPSA) is 70.2 Å². The number of hydrogen-bond acceptors (Lipinski definition) is 5. The third-order valence-corrected chi connectivity index (χ3v) is 6.09. The molecule has 0 N–H and O–H groups in total. The van der Waals surface area contributed by atoms with Crippen LogP contribution in [0.15, 0.2) is 67.1 Å². The minimum absolute atomic E-state index is 0.0585. The van der Waals surface area contributed by atoms with Crippen molar-refractivity contribution in [3.05, 3.63) is 83.8 Å². The first-order valence-electron chi connectivity index (χ1n) is 10.6. The Morgan fingerprint density at radius 2 is 1.75 bits per heavy atom. The van der Waals surface area contributed by atoms with E-state index in [9.17, 15) is 4.79 Å². The second kappa shape index (κ2) is 7.42. The van der Waals surface area contributed by atoms with Crippen molar-refractivity contribution in [1.29, 1.82) is 0 Å². The zero-order valence-electron chi connectivity index (χ0n) is 17.5. The van der Waals surface area contributed by atoms with E-state index in [1.807, 2.05) is 77.4 Å². The van der Waals surface area contributed by atoms with Crippen molar-refractivity contribution < 1.29 is 19.0 Å². The van der Waals surface area contributed by atoms with Gasteiger partial charge in [-0.15, -0.1) is 0 Å². The van der Waals surface area contributed by atoms with Crippen molar-refractivity contribution in [1.82, 2.24) is 19.1 Å². The first kappa shape index (κ1) is 18.9. The molecule has 0 spiro atoms. The molecule has 32 heavy (non-hydrogen) atoms. The Labute approximate surface area is 184 Å². The number of benzene rings is 2. The van der Waals surface area contributed by atoms with E-state index in [2.05, 4.69) is 5.10 Å². The number of hydrogen-bond donors (Lipinski definition) is 0. The number of aryl methyl sites for hydroxylation is 1. The van der Waals surface area contributed by atoms with Gasteiger partial charge in [0.1, 0.15) is 23.4 Å².